The second-order valence-corrected chi connectivity index (χ2v) is 4.39. The molecule has 96 valence electrons. The molecule has 0 N–H and O–H groups in total. The molecule has 0 radical (unpaired) electrons. The summed E-state index contributed by atoms with van der Waals surface area (Å²) in [5, 5.41) is 0. The predicted octanol–water partition coefficient (Wildman–Crippen LogP) is 0.812. The normalized spacial score (nSPS) is 9.42. The van der Waals surface area contributed by atoms with E-state index in [0.717, 1.165) is 5.75 Å². The van der Waals surface area contributed by atoms with E-state index >= 15 is 0 Å². The second kappa shape index (κ2) is 9.40. The average Bonchev–Trinajstić information content (AvgIpc) is 2.38. The molecular weight excluding hydrogens is 312 g/mol. The van der Waals surface area contributed by atoms with Crippen molar-refractivity contribution in [1.29, 1.82) is 0 Å². The van der Waals surface area contributed by atoms with E-state index < -0.39 is 0 Å². The van der Waals surface area contributed by atoms with Crippen molar-refractivity contribution in [3.63, 3.8) is 0 Å². The van der Waals surface area contributed by atoms with Gasteiger partial charge in [-0.25, -0.2) is 0 Å². The van der Waals surface area contributed by atoms with Gasteiger partial charge in [-0.05, 0) is 17.5 Å². The summed E-state index contributed by atoms with van der Waals surface area (Å²) in [5.74, 6) is 1.46. The summed E-state index contributed by atoms with van der Waals surface area (Å²) in [6.07, 6.45) is 0. The minimum absolute atomic E-state index is 0. The number of para-hydroxylation sites is 1. The summed E-state index contributed by atoms with van der Waals surface area (Å²) >= 11 is 0. The van der Waals surface area contributed by atoms with E-state index in [-0.39, 0.29) is 40.0 Å². The Bertz CT molecular complexity index is 471. The molecule has 0 aromatic heterocycles. The Labute approximate surface area is 142 Å². The summed E-state index contributed by atoms with van der Waals surface area (Å²) in [6.45, 7) is 4.97. The third-order valence-corrected chi connectivity index (χ3v) is 2.72. The molecule has 2 aromatic rings. The maximum Gasteiger partial charge on any atom is 2.00 e. The van der Waals surface area contributed by atoms with Crippen LogP contribution in [0.5, 0.6) is 5.75 Å². The molecule has 0 saturated heterocycles. The Hall–Kier alpha value is -0.514. The molecule has 0 unspecified atom stereocenters. The number of rotatable bonds is 4. The van der Waals surface area contributed by atoms with Crippen LogP contribution in [0.4, 0.5) is 0 Å². The van der Waals surface area contributed by atoms with E-state index in [1.54, 1.807) is 0 Å². The molecule has 0 aliphatic heterocycles. The van der Waals surface area contributed by atoms with Crippen molar-refractivity contribution in [2.45, 2.75) is 26.4 Å². The van der Waals surface area contributed by atoms with Gasteiger partial charge in [-0.1, -0.05) is 32.0 Å². The van der Waals surface area contributed by atoms with E-state index in [0.29, 0.717) is 12.5 Å². The fourth-order valence-electron chi connectivity index (χ4n) is 1.77. The molecular formula is C16H17BrMgO. The Morgan fingerprint density at radius 1 is 1.05 bits per heavy atom. The number of hydrogen-bond acceptors (Lipinski definition) is 1. The van der Waals surface area contributed by atoms with Gasteiger partial charge in [0.15, 0.2) is 0 Å². The number of halogens is 1. The molecule has 0 aliphatic carbocycles. The average molecular weight is 330 g/mol. The zero-order chi connectivity index (χ0) is 12.1. The SMILES string of the molecule is CC(C)c1ccccc1OCc1cc[c-]cc1.[Br-].[Mg+2]. The molecule has 1 nitrogen and oxygen atoms in total. The van der Waals surface area contributed by atoms with Crippen LogP contribution < -0.4 is 21.7 Å². The first kappa shape index (κ1) is 18.5. The van der Waals surface area contributed by atoms with Crippen LogP contribution in [0.15, 0.2) is 48.5 Å². The van der Waals surface area contributed by atoms with Crippen LogP contribution in [-0.2, 0) is 6.61 Å². The zero-order valence-electron chi connectivity index (χ0n) is 11.4. The van der Waals surface area contributed by atoms with Crippen LogP contribution in [0, 0.1) is 6.07 Å². The molecule has 0 spiro atoms. The van der Waals surface area contributed by atoms with Crippen molar-refractivity contribution in [2.24, 2.45) is 0 Å². The van der Waals surface area contributed by atoms with Crippen molar-refractivity contribution in [1.82, 2.24) is 0 Å². The Morgan fingerprint density at radius 2 is 1.68 bits per heavy atom. The van der Waals surface area contributed by atoms with Crippen LogP contribution in [0.3, 0.4) is 0 Å². The van der Waals surface area contributed by atoms with E-state index in [1.807, 2.05) is 36.4 Å². The van der Waals surface area contributed by atoms with Crippen molar-refractivity contribution in [2.75, 3.05) is 0 Å². The minimum Gasteiger partial charge on any atom is -1.00 e. The van der Waals surface area contributed by atoms with Crippen LogP contribution in [0.25, 0.3) is 0 Å². The smallest absolute Gasteiger partial charge is 1.00 e. The number of benzene rings is 2. The van der Waals surface area contributed by atoms with E-state index in [1.165, 1.54) is 11.1 Å². The van der Waals surface area contributed by atoms with E-state index in [2.05, 4.69) is 32.0 Å². The standard InChI is InChI=1S/C16H17O.BrH.Mg/c1-13(2)15-10-6-7-11-16(15)17-12-14-8-4-3-5-9-14;;/h4-11,13H,12H2,1-2H3;1H;/q-1;;+2/p-1. The molecule has 0 bridgehead atoms. The topological polar surface area (TPSA) is 9.23 Å². The van der Waals surface area contributed by atoms with Gasteiger partial charge in [0.05, 0.1) is 6.61 Å². The first-order valence-electron chi connectivity index (χ1n) is 5.94. The van der Waals surface area contributed by atoms with Gasteiger partial charge in [0.2, 0.25) is 0 Å². The quantitative estimate of drug-likeness (QED) is 0.596. The molecule has 19 heavy (non-hydrogen) atoms. The van der Waals surface area contributed by atoms with Gasteiger partial charge in [0.1, 0.15) is 5.75 Å². The van der Waals surface area contributed by atoms with Gasteiger partial charge in [-0.2, -0.15) is 30.3 Å². The van der Waals surface area contributed by atoms with Crippen molar-refractivity contribution >= 4 is 23.1 Å². The Morgan fingerprint density at radius 3 is 2.32 bits per heavy atom. The van der Waals surface area contributed by atoms with Gasteiger partial charge >= 0.3 is 23.1 Å². The third-order valence-electron chi connectivity index (χ3n) is 2.72. The first-order chi connectivity index (χ1) is 8.27. The predicted molar refractivity (Wildman–Crippen MR) is 75.9 cm³/mol. The first-order valence-corrected chi connectivity index (χ1v) is 5.94. The fraction of sp³-hybridized carbons (Fsp3) is 0.250. The second-order valence-electron chi connectivity index (χ2n) is 4.39. The summed E-state index contributed by atoms with van der Waals surface area (Å²) in [5.41, 5.74) is 2.43. The van der Waals surface area contributed by atoms with Gasteiger partial charge in [0, 0.05) is 0 Å². The summed E-state index contributed by atoms with van der Waals surface area (Å²) in [4.78, 5) is 0. The fourth-order valence-corrected chi connectivity index (χ4v) is 1.77. The largest absolute Gasteiger partial charge is 2.00 e. The minimum atomic E-state index is 0. The van der Waals surface area contributed by atoms with Crippen LogP contribution in [0.1, 0.15) is 30.9 Å². The van der Waals surface area contributed by atoms with Gasteiger partial charge < -0.3 is 21.7 Å². The summed E-state index contributed by atoms with van der Waals surface area (Å²) in [7, 11) is 0. The van der Waals surface area contributed by atoms with Crippen molar-refractivity contribution in [3.05, 3.63) is 65.7 Å². The summed E-state index contributed by atoms with van der Waals surface area (Å²) < 4.78 is 5.87. The van der Waals surface area contributed by atoms with Gasteiger partial charge in [-0.15, -0.1) is 5.56 Å². The third kappa shape index (κ3) is 5.55. The van der Waals surface area contributed by atoms with Crippen LogP contribution in [0.2, 0.25) is 0 Å². The van der Waals surface area contributed by atoms with Crippen LogP contribution >= 0.6 is 0 Å². The Kier molecular flexibility index (Phi) is 9.15. The molecule has 0 heterocycles. The number of ether oxygens (including phenoxy) is 1. The maximum atomic E-state index is 5.87. The molecule has 3 heteroatoms. The molecule has 0 amide bonds. The van der Waals surface area contributed by atoms with E-state index in [9.17, 15) is 0 Å². The zero-order valence-corrected chi connectivity index (χ0v) is 14.4. The van der Waals surface area contributed by atoms with Gasteiger partial charge in [-0.3, -0.25) is 0 Å². The molecule has 0 atom stereocenters. The maximum absolute atomic E-state index is 5.87. The van der Waals surface area contributed by atoms with Crippen LogP contribution in [-0.4, -0.2) is 23.1 Å². The van der Waals surface area contributed by atoms with Gasteiger partial charge in [0.25, 0.3) is 0 Å². The monoisotopic (exact) mass is 328 g/mol. The molecule has 2 rings (SSSR count). The Balaban J connectivity index is 0.00000162. The number of hydrogen-bond donors (Lipinski definition) is 0. The molecule has 0 fully saturated rings. The molecule has 0 saturated carbocycles. The van der Waals surface area contributed by atoms with Crippen molar-refractivity contribution in [3.8, 4) is 5.75 Å². The molecule has 0 aliphatic rings. The van der Waals surface area contributed by atoms with E-state index in [4.69, 9.17) is 4.74 Å². The summed E-state index contributed by atoms with van der Waals surface area (Å²) in [6, 6.07) is 19.1. The molecule has 2 aromatic carbocycles. The van der Waals surface area contributed by atoms with Crippen molar-refractivity contribution < 1.29 is 21.7 Å².